The van der Waals surface area contributed by atoms with Gasteiger partial charge < -0.3 is 19.1 Å². The van der Waals surface area contributed by atoms with E-state index < -0.39 is 0 Å². The molecule has 0 spiro atoms. The van der Waals surface area contributed by atoms with Crippen LogP contribution >= 0.6 is 11.8 Å². The van der Waals surface area contributed by atoms with E-state index in [1.807, 2.05) is 16.7 Å². The van der Waals surface area contributed by atoms with Crippen LogP contribution in [0.2, 0.25) is 0 Å². The molecule has 1 fully saturated rings. The Bertz CT molecular complexity index is 539. The average Bonchev–Trinajstić information content (AvgIpc) is 2.59. The van der Waals surface area contributed by atoms with Crippen molar-refractivity contribution in [3.63, 3.8) is 0 Å². The van der Waals surface area contributed by atoms with E-state index in [9.17, 15) is 4.79 Å². The Morgan fingerprint density at radius 2 is 1.83 bits per heavy atom. The lowest BCUT2D eigenvalue weighted by atomic mass is 10.1. The molecule has 0 aromatic heterocycles. The SMILES string of the molecule is CCC1C(C)SCCN1C(=O)c1cc(OC)c(OC)c(OC)c1. The molecule has 0 aliphatic carbocycles. The monoisotopic (exact) mass is 339 g/mol. The van der Waals surface area contributed by atoms with Gasteiger partial charge in [0.1, 0.15) is 0 Å². The molecular weight excluding hydrogens is 314 g/mol. The smallest absolute Gasteiger partial charge is 0.254 e. The van der Waals surface area contributed by atoms with Crippen LogP contribution in [0, 0.1) is 0 Å². The van der Waals surface area contributed by atoms with Crippen molar-refractivity contribution < 1.29 is 19.0 Å². The zero-order chi connectivity index (χ0) is 17.0. The molecule has 1 aromatic carbocycles. The number of methoxy groups -OCH3 is 3. The highest BCUT2D eigenvalue weighted by Crippen LogP contribution is 2.39. The molecule has 0 saturated carbocycles. The molecule has 1 heterocycles. The molecule has 1 saturated heterocycles. The van der Waals surface area contributed by atoms with Crippen LogP contribution in [0.4, 0.5) is 0 Å². The number of hydrogen-bond donors (Lipinski definition) is 0. The van der Waals surface area contributed by atoms with Gasteiger partial charge in [-0.3, -0.25) is 4.79 Å². The molecule has 0 radical (unpaired) electrons. The first-order valence-corrected chi connectivity index (χ1v) is 8.84. The minimum Gasteiger partial charge on any atom is -0.493 e. The molecule has 6 heteroatoms. The molecular formula is C17H25NO4S. The maximum atomic E-state index is 13.0. The van der Waals surface area contributed by atoms with E-state index >= 15 is 0 Å². The summed E-state index contributed by atoms with van der Waals surface area (Å²) in [6.45, 7) is 5.08. The maximum absolute atomic E-state index is 13.0. The van der Waals surface area contributed by atoms with Crippen molar-refractivity contribution in [2.24, 2.45) is 0 Å². The Labute approximate surface area is 142 Å². The van der Waals surface area contributed by atoms with Crippen molar-refractivity contribution in [2.75, 3.05) is 33.6 Å². The predicted octanol–water partition coefficient (Wildman–Crippen LogP) is 3.07. The summed E-state index contributed by atoms with van der Waals surface area (Å²) in [6, 6.07) is 3.70. The first kappa shape index (κ1) is 17.8. The molecule has 1 amide bonds. The summed E-state index contributed by atoms with van der Waals surface area (Å²) in [6.07, 6.45) is 0.949. The van der Waals surface area contributed by atoms with Crippen molar-refractivity contribution in [2.45, 2.75) is 31.6 Å². The van der Waals surface area contributed by atoms with Crippen LogP contribution in [-0.4, -0.2) is 55.7 Å². The second-order valence-corrected chi connectivity index (χ2v) is 6.95. The van der Waals surface area contributed by atoms with Gasteiger partial charge in [-0.1, -0.05) is 13.8 Å². The molecule has 0 bridgehead atoms. The van der Waals surface area contributed by atoms with Gasteiger partial charge >= 0.3 is 0 Å². The van der Waals surface area contributed by atoms with Gasteiger partial charge in [-0.05, 0) is 18.6 Å². The molecule has 1 aliphatic heterocycles. The van der Waals surface area contributed by atoms with Crippen LogP contribution in [0.3, 0.4) is 0 Å². The number of ether oxygens (including phenoxy) is 3. The van der Waals surface area contributed by atoms with E-state index in [1.165, 1.54) is 0 Å². The normalized spacial score (nSPS) is 21.0. The molecule has 128 valence electrons. The Hall–Kier alpha value is -1.56. The Balaban J connectivity index is 2.38. The van der Waals surface area contributed by atoms with Crippen LogP contribution in [0.25, 0.3) is 0 Å². The molecule has 2 atom stereocenters. The van der Waals surface area contributed by atoms with Crippen molar-refractivity contribution in [3.8, 4) is 17.2 Å². The Kier molecular flexibility index (Phi) is 6.04. The van der Waals surface area contributed by atoms with Crippen LogP contribution in [0.15, 0.2) is 12.1 Å². The molecule has 23 heavy (non-hydrogen) atoms. The van der Waals surface area contributed by atoms with Crippen molar-refractivity contribution in [1.29, 1.82) is 0 Å². The van der Waals surface area contributed by atoms with E-state index in [-0.39, 0.29) is 11.9 Å². The number of nitrogens with zero attached hydrogens (tertiary/aromatic N) is 1. The lowest BCUT2D eigenvalue weighted by molar-refractivity contribution is 0.0677. The van der Waals surface area contributed by atoms with Gasteiger partial charge in [-0.15, -0.1) is 0 Å². The molecule has 0 N–H and O–H groups in total. The van der Waals surface area contributed by atoms with Gasteiger partial charge in [0, 0.05) is 29.2 Å². The summed E-state index contributed by atoms with van der Waals surface area (Å²) in [5.41, 5.74) is 0.567. The molecule has 5 nitrogen and oxygen atoms in total. The number of hydrogen-bond acceptors (Lipinski definition) is 5. The maximum Gasteiger partial charge on any atom is 0.254 e. The molecule has 2 rings (SSSR count). The third kappa shape index (κ3) is 3.52. The fourth-order valence-electron chi connectivity index (χ4n) is 3.04. The fraction of sp³-hybridized carbons (Fsp3) is 0.588. The predicted molar refractivity (Wildman–Crippen MR) is 93.1 cm³/mol. The summed E-state index contributed by atoms with van der Waals surface area (Å²) >= 11 is 1.93. The Morgan fingerprint density at radius 1 is 1.22 bits per heavy atom. The van der Waals surface area contributed by atoms with Gasteiger partial charge in [-0.2, -0.15) is 11.8 Å². The van der Waals surface area contributed by atoms with E-state index in [2.05, 4.69) is 13.8 Å². The number of benzene rings is 1. The average molecular weight is 339 g/mol. The zero-order valence-corrected chi connectivity index (χ0v) is 15.2. The zero-order valence-electron chi connectivity index (χ0n) is 14.4. The Morgan fingerprint density at radius 3 is 2.30 bits per heavy atom. The van der Waals surface area contributed by atoms with Gasteiger partial charge in [0.15, 0.2) is 11.5 Å². The third-order valence-electron chi connectivity index (χ3n) is 4.25. The third-order valence-corrected chi connectivity index (χ3v) is 5.50. The minimum atomic E-state index is 0.0169. The van der Waals surface area contributed by atoms with E-state index in [4.69, 9.17) is 14.2 Å². The summed E-state index contributed by atoms with van der Waals surface area (Å²) < 4.78 is 16.0. The van der Waals surface area contributed by atoms with Gasteiger partial charge in [0.2, 0.25) is 5.75 Å². The van der Waals surface area contributed by atoms with Crippen molar-refractivity contribution >= 4 is 17.7 Å². The number of carbonyl (C=O) groups excluding carboxylic acids is 1. The van der Waals surface area contributed by atoms with Crippen molar-refractivity contribution in [1.82, 2.24) is 4.90 Å². The number of rotatable bonds is 5. The van der Waals surface area contributed by atoms with Gasteiger partial charge in [-0.25, -0.2) is 0 Å². The fourth-order valence-corrected chi connectivity index (χ4v) is 4.28. The molecule has 1 aromatic rings. The first-order chi connectivity index (χ1) is 11.1. The number of thioether (sulfide) groups is 1. The summed E-state index contributed by atoms with van der Waals surface area (Å²) in [7, 11) is 4.67. The second-order valence-electron chi connectivity index (χ2n) is 5.46. The van der Waals surface area contributed by atoms with E-state index in [1.54, 1.807) is 33.5 Å². The topological polar surface area (TPSA) is 48.0 Å². The standard InChI is InChI=1S/C17H25NO4S/c1-6-13-11(2)23-8-7-18(13)17(19)12-9-14(20-3)16(22-5)15(10-12)21-4/h9-11,13H,6-8H2,1-5H3. The van der Waals surface area contributed by atoms with Crippen LogP contribution in [-0.2, 0) is 0 Å². The van der Waals surface area contributed by atoms with Crippen molar-refractivity contribution in [3.05, 3.63) is 17.7 Å². The highest BCUT2D eigenvalue weighted by Gasteiger charge is 2.32. The van der Waals surface area contributed by atoms with Gasteiger partial charge in [0.25, 0.3) is 5.91 Å². The lowest BCUT2D eigenvalue weighted by Gasteiger charge is -2.39. The molecule has 2 unspecified atom stereocenters. The number of amides is 1. The van der Waals surface area contributed by atoms with Crippen LogP contribution in [0.1, 0.15) is 30.6 Å². The summed E-state index contributed by atoms with van der Waals surface area (Å²) in [4.78, 5) is 15.0. The summed E-state index contributed by atoms with van der Waals surface area (Å²) in [5.74, 6) is 2.49. The first-order valence-electron chi connectivity index (χ1n) is 7.79. The lowest BCUT2D eigenvalue weighted by Crippen LogP contribution is -2.49. The minimum absolute atomic E-state index is 0.0169. The van der Waals surface area contributed by atoms with Crippen LogP contribution in [0.5, 0.6) is 17.2 Å². The molecule has 1 aliphatic rings. The summed E-state index contributed by atoms with van der Waals surface area (Å²) in [5, 5.41) is 0.444. The second kappa shape index (κ2) is 7.81. The highest BCUT2D eigenvalue weighted by molar-refractivity contribution is 8.00. The largest absolute Gasteiger partial charge is 0.493 e. The van der Waals surface area contributed by atoms with E-state index in [0.29, 0.717) is 28.1 Å². The quantitative estimate of drug-likeness (QED) is 0.825. The van der Waals surface area contributed by atoms with E-state index in [0.717, 1.165) is 18.7 Å². The highest BCUT2D eigenvalue weighted by atomic mass is 32.2. The van der Waals surface area contributed by atoms with Gasteiger partial charge in [0.05, 0.1) is 21.3 Å². The van der Waals surface area contributed by atoms with Crippen LogP contribution < -0.4 is 14.2 Å². The number of carbonyl (C=O) groups is 1.